The fourth-order valence-electron chi connectivity index (χ4n) is 4.84. The van der Waals surface area contributed by atoms with Gasteiger partial charge in [-0.2, -0.15) is 0 Å². The summed E-state index contributed by atoms with van der Waals surface area (Å²) >= 11 is 6.33. The second-order valence-corrected chi connectivity index (χ2v) is 8.70. The summed E-state index contributed by atoms with van der Waals surface area (Å²) in [5.74, 6) is 0.645. The Morgan fingerprint density at radius 1 is 1.35 bits per heavy atom. The van der Waals surface area contributed by atoms with Crippen molar-refractivity contribution in [3.63, 3.8) is 0 Å². The van der Waals surface area contributed by atoms with Crippen molar-refractivity contribution in [1.29, 1.82) is 0 Å². The first-order valence-corrected chi connectivity index (χ1v) is 11.0. The highest BCUT2D eigenvalue weighted by Gasteiger charge is 2.33. The molecule has 5 rings (SSSR count). The maximum Gasteiger partial charge on any atom is 0.310 e. The number of piperidine rings is 1. The highest BCUT2D eigenvalue weighted by atomic mass is 35.5. The molecule has 2 aliphatic rings. The van der Waals surface area contributed by atoms with E-state index in [0.29, 0.717) is 18.2 Å². The highest BCUT2D eigenvalue weighted by molar-refractivity contribution is 6.30. The van der Waals surface area contributed by atoms with E-state index in [9.17, 15) is 4.79 Å². The minimum absolute atomic E-state index is 0.124. The summed E-state index contributed by atoms with van der Waals surface area (Å²) in [4.78, 5) is 33.5. The first-order chi connectivity index (χ1) is 15.0. The standard InChI is InChI=1S/C22H25ClN6O2/c1-13-8-17-16(11-29(13)18-9-19(23)27-20-15(18)5-6-24-20)21(26-12-25-17)28-7-3-4-14(10-28)22(30)31-2/h5-6,9,12-14H,3-4,7-8,10-11H2,1-2H3,(H,24,27)/t13-,14-/m1/s1. The molecule has 0 aromatic carbocycles. The molecule has 0 spiro atoms. The van der Waals surface area contributed by atoms with Crippen molar-refractivity contribution in [2.24, 2.45) is 5.92 Å². The third-order valence-corrected chi connectivity index (χ3v) is 6.60. The Morgan fingerprint density at radius 3 is 3.06 bits per heavy atom. The smallest absolute Gasteiger partial charge is 0.310 e. The van der Waals surface area contributed by atoms with Gasteiger partial charge >= 0.3 is 5.97 Å². The number of methoxy groups -OCH3 is 1. The fraction of sp³-hybridized carbons (Fsp3) is 0.455. The third kappa shape index (κ3) is 3.59. The lowest BCUT2D eigenvalue weighted by Gasteiger charge is -2.39. The summed E-state index contributed by atoms with van der Waals surface area (Å²) in [5.41, 5.74) is 4.01. The fourth-order valence-corrected chi connectivity index (χ4v) is 5.03. The number of anilines is 2. The monoisotopic (exact) mass is 440 g/mol. The van der Waals surface area contributed by atoms with Crippen LogP contribution in [0.3, 0.4) is 0 Å². The van der Waals surface area contributed by atoms with Crippen molar-refractivity contribution < 1.29 is 9.53 Å². The van der Waals surface area contributed by atoms with Gasteiger partial charge in [-0.15, -0.1) is 0 Å². The average molecular weight is 441 g/mol. The number of nitrogens with zero attached hydrogens (tertiary/aromatic N) is 5. The number of carbonyl (C=O) groups excluding carboxylic acids is 1. The Morgan fingerprint density at radius 2 is 2.23 bits per heavy atom. The minimum atomic E-state index is -0.149. The van der Waals surface area contributed by atoms with E-state index in [1.54, 1.807) is 6.33 Å². The van der Waals surface area contributed by atoms with Gasteiger partial charge in [0.2, 0.25) is 0 Å². The predicted molar refractivity (Wildman–Crippen MR) is 119 cm³/mol. The lowest BCUT2D eigenvalue weighted by molar-refractivity contribution is -0.145. The van der Waals surface area contributed by atoms with Crippen LogP contribution >= 0.6 is 11.6 Å². The number of aromatic amines is 1. The molecule has 5 heterocycles. The number of carbonyl (C=O) groups is 1. The molecule has 0 aliphatic carbocycles. The zero-order chi connectivity index (χ0) is 21.5. The molecule has 2 atom stereocenters. The molecule has 0 radical (unpaired) electrons. The van der Waals surface area contributed by atoms with E-state index in [1.807, 2.05) is 18.3 Å². The molecule has 1 fully saturated rings. The molecule has 1 N–H and O–H groups in total. The zero-order valence-corrected chi connectivity index (χ0v) is 18.4. The largest absolute Gasteiger partial charge is 0.469 e. The molecule has 3 aromatic rings. The normalized spacial score (nSPS) is 21.3. The number of rotatable bonds is 3. The summed E-state index contributed by atoms with van der Waals surface area (Å²) in [6, 6.07) is 4.21. The second kappa shape index (κ2) is 8.00. The molecule has 9 heteroatoms. The molecule has 0 unspecified atom stereocenters. The van der Waals surface area contributed by atoms with E-state index in [4.69, 9.17) is 16.3 Å². The number of aromatic nitrogens is 4. The molecule has 8 nitrogen and oxygen atoms in total. The SMILES string of the molecule is COC(=O)[C@@H]1CCCN(c2ncnc3c2CN(c2cc(Cl)nc4[nH]ccc24)[C@H](C)C3)C1. The maximum atomic E-state index is 12.1. The van der Waals surface area contributed by atoms with Crippen molar-refractivity contribution >= 4 is 40.1 Å². The highest BCUT2D eigenvalue weighted by Crippen LogP contribution is 2.37. The summed E-state index contributed by atoms with van der Waals surface area (Å²) in [5, 5.41) is 1.51. The molecule has 162 valence electrons. The van der Waals surface area contributed by atoms with Gasteiger partial charge in [0, 0.05) is 49.2 Å². The van der Waals surface area contributed by atoms with Crippen LogP contribution in [0.1, 0.15) is 31.0 Å². The minimum Gasteiger partial charge on any atom is -0.469 e. The second-order valence-electron chi connectivity index (χ2n) is 8.32. The number of hydrogen-bond acceptors (Lipinski definition) is 7. The predicted octanol–water partition coefficient (Wildman–Crippen LogP) is 3.35. The van der Waals surface area contributed by atoms with Crippen LogP contribution in [0.5, 0.6) is 0 Å². The van der Waals surface area contributed by atoms with Crippen LogP contribution in [-0.4, -0.2) is 52.1 Å². The molecular weight excluding hydrogens is 416 g/mol. The van der Waals surface area contributed by atoms with Crippen LogP contribution in [-0.2, 0) is 22.5 Å². The van der Waals surface area contributed by atoms with Gasteiger partial charge in [-0.05, 0) is 31.9 Å². The van der Waals surface area contributed by atoms with Gasteiger partial charge in [-0.1, -0.05) is 11.6 Å². The van der Waals surface area contributed by atoms with Crippen LogP contribution in [0.25, 0.3) is 11.0 Å². The van der Waals surface area contributed by atoms with Crippen molar-refractivity contribution in [3.8, 4) is 0 Å². The zero-order valence-electron chi connectivity index (χ0n) is 17.6. The molecular formula is C22H25ClN6O2. The van der Waals surface area contributed by atoms with E-state index in [-0.39, 0.29) is 17.9 Å². The molecule has 0 saturated carbocycles. The van der Waals surface area contributed by atoms with Crippen LogP contribution < -0.4 is 9.80 Å². The number of ether oxygens (including phenoxy) is 1. The Labute approximate surface area is 185 Å². The first kappa shape index (κ1) is 20.1. The quantitative estimate of drug-likeness (QED) is 0.493. The Balaban J connectivity index is 1.51. The molecule has 1 saturated heterocycles. The van der Waals surface area contributed by atoms with Crippen molar-refractivity contribution in [2.45, 2.75) is 38.8 Å². The van der Waals surface area contributed by atoms with Gasteiger partial charge in [-0.3, -0.25) is 4.79 Å². The van der Waals surface area contributed by atoms with Crippen LogP contribution in [0.4, 0.5) is 11.5 Å². The average Bonchev–Trinajstić information content (AvgIpc) is 3.25. The molecule has 0 bridgehead atoms. The van der Waals surface area contributed by atoms with Gasteiger partial charge in [0.1, 0.15) is 22.9 Å². The molecule has 2 aliphatic heterocycles. The number of pyridine rings is 1. The number of fused-ring (bicyclic) bond motifs is 2. The van der Waals surface area contributed by atoms with Crippen LogP contribution in [0, 0.1) is 5.92 Å². The first-order valence-electron chi connectivity index (χ1n) is 10.6. The summed E-state index contributed by atoms with van der Waals surface area (Å²) in [6.07, 6.45) is 6.12. The van der Waals surface area contributed by atoms with E-state index >= 15 is 0 Å². The summed E-state index contributed by atoms with van der Waals surface area (Å²) in [7, 11) is 1.45. The summed E-state index contributed by atoms with van der Waals surface area (Å²) < 4.78 is 4.99. The van der Waals surface area contributed by atoms with Gasteiger partial charge in [0.25, 0.3) is 0 Å². The number of hydrogen-bond donors (Lipinski definition) is 1. The molecule has 3 aromatic heterocycles. The topological polar surface area (TPSA) is 87.2 Å². The van der Waals surface area contributed by atoms with Gasteiger partial charge < -0.3 is 19.5 Å². The van der Waals surface area contributed by atoms with E-state index < -0.39 is 0 Å². The van der Waals surface area contributed by atoms with E-state index in [2.05, 4.69) is 36.7 Å². The maximum absolute atomic E-state index is 12.1. The third-order valence-electron chi connectivity index (χ3n) is 6.40. The van der Waals surface area contributed by atoms with Gasteiger partial charge in [0.15, 0.2) is 0 Å². The van der Waals surface area contributed by atoms with Crippen molar-refractivity contribution in [2.75, 3.05) is 30.0 Å². The van der Waals surface area contributed by atoms with Crippen molar-refractivity contribution in [1.82, 2.24) is 19.9 Å². The summed E-state index contributed by atoms with van der Waals surface area (Å²) in [6.45, 7) is 4.36. The molecule has 31 heavy (non-hydrogen) atoms. The number of esters is 1. The van der Waals surface area contributed by atoms with Crippen molar-refractivity contribution in [3.05, 3.63) is 41.1 Å². The van der Waals surface area contributed by atoms with E-state index in [1.165, 1.54) is 7.11 Å². The van der Waals surface area contributed by atoms with Gasteiger partial charge in [-0.25, -0.2) is 15.0 Å². The Bertz CT molecular complexity index is 1130. The van der Waals surface area contributed by atoms with Crippen LogP contribution in [0.15, 0.2) is 24.7 Å². The van der Waals surface area contributed by atoms with E-state index in [0.717, 1.165) is 59.6 Å². The number of H-pyrrole nitrogens is 1. The molecule has 0 amide bonds. The lowest BCUT2D eigenvalue weighted by Crippen LogP contribution is -2.43. The van der Waals surface area contributed by atoms with Gasteiger partial charge in [0.05, 0.1) is 24.4 Å². The number of halogens is 1. The lowest BCUT2D eigenvalue weighted by atomic mass is 9.95. The Kier molecular flexibility index (Phi) is 5.17. The Hall–Kier alpha value is -2.87. The van der Waals surface area contributed by atoms with Crippen LogP contribution in [0.2, 0.25) is 5.15 Å². The number of nitrogens with one attached hydrogen (secondary N) is 1.